The van der Waals surface area contributed by atoms with Gasteiger partial charge in [0.1, 0.15) is 12.4 Å². The van der Waals surface area contributed by atoms with Crippen LogP contribution in [0.25, 0.3) is 6.08 Å². The van der Waals surface area contributed by atoms with E-state index in [0.29, 0.717) is 28.8 Å². The third kappa shape index (κ3) is 5.28. The molecule has 3 rings (SSSR count). The fourth-order valence-electron chi connectivity index (χ4n) is 2.94. The SMILES string of the molecule is CCOc1cc(/C=C2\SC(=O)N(CCOc3cccc(C)c3)C2=O)cc(I)c1OC. The van der Waals surface area contributed by atoms with Crippen molar-refractivity contribution in [2.75, 3.05) is 26.9 Å². The Bertz CT molecular complexity index is 991. The number of hydrogen-bond acceptors (Lipinski definition) is 6. The van der Waals surface area contributed by atoms with E-state index < -0.39 is 0 Å². The van der Waals surface area contributed by atoms with Crippen molar-refractivity contribution in [3.63, 3.8) is 0 Å². The predicted octanol–water partition coefficient (Wildman–Crippen LogP) is 5.12. The molecule has 0 unspecified atom stereocenters. The van der Waals surface area contributed by atoms with E-state index in [4.69, 9.17) is 14.2 Å². The number of amides is 2. The van der Waals surface area contributed by atoms with Crippen LogP contribution in [-0.2, 0) is 4.79 Å². The summed E-state index contributed by atoms with van der Waals surface area (Å²) in [7, 11) is 1.59. The number of benzene rings is 2. The Kier molecular flexibility index (Phi) is 7.65. The molecule has 158 valence electrons. The number of nitrogens with zero attached hydrogens (tertiary/aromatic N) is 1. The van der Waals surface area contributed by atoms with E-state index in [9.17, 15) is 9.59 Å². The molecule has 1 aliphatic rings. The number of methoxy groups -OCH3 is 1. The monoisotopic (exact) mass is 539 g/mol. The minimum Gasteiger partial charge on any atom is -0.492 e. The summed E-state index contributed by atoms with van der Waals surface area (Å²) in [6, 6.07) is 11.3. The molecule has 0 saturated carbocycles. The second-order valence-electron chi connectivity index (χ2n) is 6.47. The number of aryl methyl sites for hydroxylation is 1. The first-order chi connectivity index (χ1) is 14.4. The number of carbonyl (C=O) groups excluding carboxylic acids is 2. The van der Waals surface area contributed by atoms with Crippen LogP contribution >= 0.6 is 34.4 Å². The van der Waals surface area contributed by atoms with E-state index in [1.54, 1.807) is 19.3 Å². The van der Waals surface area contributed by atoms with Gasteiger partial charge in [0, 0.05) is 0 Å². The molecule has 6 nitrogen and oxygen atoms in total. The first kappa shape index (κ1) is 22.5. The standard InChI is InChI=1S/C22H22INO5S/c1-4-28-18-12-15(11-17(23)20(18)27-3)13-19-21(25)24(22(26)30-19)8-9-29-16-7-5-6-14(2)10-16/h5-7,10-13H,4,8-9H2,1-3H3/b19-13-. The van der Waals surface area contributed by atoms with E-state index in [1.807, 2.05) is 44.2 Å². The van der Waals surface area contributed by atoms with E-state index in [-0.39, 0.29) is 24.3 Å². The Morgan fingerprint density at radius 1 is 1.17 bits per heavy atom. The number of hydrogen-bond donors (Lipinski definition) is 0. The normalized spacial score (nSPS) is 15.1. The molecule has 0 N–H and O–H groups in total. The lowest BCUT2D eigenvalue weighted by Crippen LogP contribution is -2.32. The molecule has 0 bridgehead atoms. The molecule has 1 fully saturated rings. The molecule has 1 heterocycles. The van der Waals surface area contributed by atoms with Crippen LogP contribution in [0.3, 0.4) is 0 Å². The molecular weight excluding hydrogens is 517 g/mol. The van der Waals surface area contributed by atoms with Crippen LogP contribution in [-0.4, -0.2) is 42.9 Å². The molecule has 2 amide bonds. The second-order valence-corrected chi connectivity index (χ2v) is 8.62. The maximum Gasteiger partial charge on any atom is 0.293 e. The van der Waals surface area contributed by atoms with Crippen LogP contribution in [0.2, 0.25) is 0 Å². The van der Waals surface area contributed by atoms with Gasteiger partial charge in [-0.05, 0) is 89.7 Å². The molecule has 1 aliphatic heterocycles. The molecule has 0 radical (unpaired) electrons. The van der Waals surface area contributed by atoms with Crippen LogP contribution in [0.4, 0.5) is 4.79 Å². The summed E-state index contributed by atoms with van der Waals surface area (Å²) >= 11 is 3.09. The summed E-state index contributed by atoms with van der Waals surface area (Å²) in [5.74, 6) is 1.65. The number of rotatable bonds is 8. The highest BCUT2D eigenvalue weighted by atomic mass is 127. The maximum absolute atomic E-state index is 12.7. The third-order valence-corrected chi connectivity index (χ3v) is 5.99. The average Bonchev–Trinajstić information content (AvgIpc) is 2.95. The van der Waals surface area contributed by atoms with Gasteiger partial charge < -0.3 is 14.2 Å². The van der Waals surface area contributed by atoms with Gasteiger partial charge in [-0.15, -0.1) is 0 Å². The lowest BCUT2D eigenvalue weighted by molar-refractivity contribution is -0.123. The van der Waals surface area contributed by atoms with Gasteiger partial charge in [-0.3, -0.25) is 14.5 Å². The largest absolute Gasteiger partial charge is 0.492 e. The Morgan fingerprint density at radius 3 is 2.67 bits per heavy atom. The molecule has 30 heavy (non-hydrogen) atoms. The molecule has 0 aliphatic carbocycles. The predicted molar refractivity (Wildman–Crippen MR) is 126 cm³/mol. The maximum atomic E-state index is 12.7. The molecular formula is C22H22INO5S. The Hall–Kier alpha value is -2.20. The van der Waals surface area contributed by atoms with Crippen molar-refractivity contribution in [1.29, 1.82) is 0 Å². The zero-order chi connectivity index (χ0) is 21.7. The van der Waals surface area contributed by atoms with Crippen LogP contribution < -0.4 is 14.2 Å². The number of carbonyl (C=O) groups is 2. The number of ether oxygens (including phenoxy) is 3. The zero-order valence-electron chi connectivity index (χ0n) is 16.9. The molecule has 0 atom stereocenters. The first-order valence-electron chi connectivity index (χ1n) is 9.38. The Balaban J connectivity index is 1.71. The molecule has 1 saturated heterocycles. The van der Waals surface area contributed by atoms with Crippen LogP contribution in [0.1, 0.15) is 18.1 Å². The molecule has 8 heteroatoms. The fourth-order valence-corrected chi connectivity index (χ4v) is 4.65. The summed E-state index contributed by atoms with van der Waals surface area (Å²) in [6.45, 7) is 4.80. The van der Waals surface area contributed by atoms with Gasteiger partial charge in [0.2, 0.25) is 0 Å². The summed E-state index contributed by atoms with van der Waals surface area (Å²) < 4.78 is 17.6. The van der Waals surface area contributed by atoms with E-state index in [1.165, 1.54) is 4.90 Å². The van der Waals surface area contributed by atoms with Crippen molar-refractivity contribution in [2.24, 2.45) is 0 Å². The van der Waals surface area contributed by atoms with Crippen molar-refractivity contribution in [3.05, 3.63) is 56.0 Å². The van der Waals surface area contributed by atoms with Gasteiger partial charge in [-0.1, -0.05) is 12.1 Å². The highest BCUT2D eigenvalue weighted by molar-refractivity contribution is 14.1. The lowest BCUT2D eigenvalue weighted by atomic mass is 10.2. The van der Waals surface area contributed by atoms with Crippen molar-refractivity contribution in [1.82, 2.24) is 4.90 Å². The van der Waals surface area contributed by atoms with E-state index >= 15 is 0 Å². The molecule has 0 aromatic heterocycles. The molecule has 0 spiro atoms. The van der Waals surface area contributed by atoms with Gasteiger partial charge in [0.25, 0.3) is 11.1 Å². The summed E-state index contributed by atoms with van der Waals surface area (Å²) in [6.07, 6.45) is 1.70. The topological polar surface area (TPSA) is 65.1 Å². The van der Waals surface area contributed by atoms with Crippen LogP contribution in [0.15, 0.2) is 41.3 Å². The van der Waals surface area contributed by atoms with Gasteiger partial charge >= 0.3 is 0 Å². The minimum absolute atomic E-state index is 0.195. The lowest BCUT2D eigenvalue weighted by Gasteiger charge is -2.13. The van der Waals surface area contributed by atoms with Gasteiger partial charge in [0.15, 0.2) is 11.5 Å². The van der Waals surface area contributed by atoms with Crippen molar-refractivity contribution in [3.8, 4) is 17.2 Å². The van der Waals surface area contributed by atoms with Gasteiger partial charge in [-0.2, -0.15) is 0 Å². The second kappa shape index (κ2) is 10.2. The highest BCUT2D eigenvalue weighted by Gasteiger charge is 2.34. The Morgan fingerprint density at radius 2 is 1.97 bits per heavy atom. The minimum atomic E-state index is -0.318. The van der Waals surface area contributed by atoms with E-state index in [0.717, 1.165) is 26.5 Å². The van der Waals surface area contributed by atoms with E-state index in [2.05, 4.69) is 22.6 Å². The van der Waals surface area contributed by atoms with Crippen molar-refractivity contribution < 1.29 is 23.8 Å². The zero-order valence-corrected chi connectivity index (χ0v) is 19.9. The highest BCUT2D eigenvalue weighted by Crippen LogP contribution is 2.37. The first-order valence-corrected chi connectivity index (χ1v) is 11.3. The fraction of sp³-hybridized carbons (Fsp3) is 0.273. The summed E-state index contributed by atoms with van der Waals surface area (Å²) in [4.78, 5) is 26.7. The number of thioether (sulfide) groups is 1. The van der Waals surface area contributed by atoms with Gasteiger partial charge in [0.05, 0.1) is 28.7 Å². The third-order valence-electron chi connectivity index (χ3n) is 4.28. The van der Waals surface area contributed by atoms with Gasteiger partial charge in [-0.25, -0.2) is 0 Å². The number of halogens is 1. The van der Waals surface area contributed by atoms with Crippen molar-refractivity contribution in [2.45, 2.75) is 13.8 Å². The average molecular weight is 539 g/mol. The quantitative estimate of drug-likeness (QED) is 0.343. The smallest absolute Gasteiger partial charge is 0.293 e. The number of imide groups is 1. The summed E-state index contributed by atoms with van der Waals surface area (Å²) in [5, 5.41) is -0.299. The summed E-state index contributed by atoms with van der Waals surface area (Å²) in [5.41, 5.74) is 1.85. The van der Waals surface area contributed by atoms with Crippen LogP contribution in [0.5, 0.6) is 17.2 Å². The molecule has 2 aromatic rings. The van der Waals surface area contributed by atoms with Crippen LogP contribution in [0, 0.1) is 10.5 Å². The Labute approximate surface area is 193 Å². The molecule has 2 aromatic carbocycles. The van der Waals surface area contributed by atoms with Crippen molar-refractivity contribution >= 4 is 51.6 Å².